The van der Waals surface area contributed by atoms with Gasteiger partial charge in [0.05, 0.1) is 19.8 Å². The van der Waals surface area contributed by atoms with E-state index in [-0.39, 0.29) is 12.1 Å². The van der Waals surface area contributed by atoms with Crippen molar-refractivity contribution in [2.45, 2.75) is 51.6 Å². The van der Waals surface area contributed by atoms with Gasteiger partial charge < -0.3 is 19.9 Å². The lowest BCUT2D eigenvalue weighted by Crippen LogP contribution is -2.51. The smallest absolute Gasteiger partial charge is 0.0700 e. The fraction of sp³-hybridized carbons (Fsp3) is 1.00. The fourth-order valence-corrected chi connectivity index (χ4v) is 1.96. The quantitative estimate of drug-likeness (QED) is 0.544. The lowest BCUT2D eigenvalue weighted by atomic mass is 9.90. The second-order valence-electron chi connectivity index (χ2n) is 4.80. The molecular weight excluding hydrogens is 218 g/mol. The molecule has 0 spiro atoms. The Morgan fingerprint density at radius 2 is 1.94 bits per heavy atom. The van der Waals surface area contributed by atoms with Gasteiger partial charge in [-0.05, 0) is 19.3 Å². The number of aliphatic hydroxyl groups excluding tert-OH is 1. The number of hydrogen-bond acceptors (Lipinski definition) is 4. The van der Waals surface area contributed by atoms with E-state index in [0.29, 0.717) is 19.3 Å². The third kappa shape index (κ3) is 7.71. The van der Waals surface area contributed by atoms with E-state index < -0.39 is 0 Å². The first kappa shape index (κ1) is 16.8. The zero-order chi connectivity index (χ0) is 13.1. The van der Waals surface area contributed by atoms with Crippen LogP contribution in [-0.2, 0) is 9.47 Å². The van der Waals surface area contributed by atoms with E-state index in [0.717, 1.165) is 25.9 Å². The molecule has 0 fully saturated rings. The third-order valence-electron chi connectivity index (χ3n) is 2.95. The molecular formula is C13H29NO3. The number of nitrogens with one attached hydrogen (secondary N) is 1. The summed E-state index contributed by atoms with van der Waals surface area (Å²) in [5, 5.41) is 13.0. The Morgan fingerprint density at radius 3 is 2.41 bits per heavy atom. The zero-order valence-electron chi connectivity index (χ0n) is 11.8. The normalized spacial score (nSPS) is 15.2. The molecule has 0 aromatic heterocycles. The van der Waals surface area contributed by atoms with Gasteiger partial charge in [0, 0.05) is 25.3 Å². The van der Waals surface area contributed by atoms with Crippen LogP contribution in [0.4, 0.5) is 0 Å². The first-order chi connectivity index (χ1) is 8.10. The number of methoxy groups -OCH3 is 1. The molecule has 0 aliphatic carbocycles. The van der Waals surface area contributed by atoms with E-state index in [1.807, 2.05) is 0 Å². The van der Waals surface area contributed by atoms with E-state index in [4.69, 9.17) is 9.47 Å². The lowest BCUT2D eigenvalue weighted by Gasteiger charge is -2.34. The van der Waals surface area contributed by atoms with Crippen molar-refractivity contribution in [2.24, 2.45) is 0 Å². The summed E-state index contributed by atoms with van der Waals surface area (Å²) in [6.07, 6.45) is 2.82. The molecule has 0 aliphatic heterocycles. The number of ether oxygens (including phenoxy) is 2. The highest BCUT2D eigenvalue weighted by molar-refractivity contribution is 4.87. The molecule has 0 heterocycles. The van der Waals surface area contributed by atoms with Crippen LogP contribution in [0.15, 0.2) is 0 Å². The first-order valence-corrected chi connectivity index (χ1v) is 6.55. The van der Waals surface area contributed by atoms with Crippen molar-refractivity contribution in [2.75, 3.05) is 33.5 Å². The van der Waals surface area contributed by atoms with Crippen molar-refractivity contribution in [1.29, 1.82) is 0 Å². The summed E-state index contributed by atoms with van der Waals surface area (Å²) in [6, 6.07) is 0.386. The lowest BCUT2D eigenvalue weighted by molar-refractivity contribution is 0.0601. The summed E-state index contributed by atoms with van der Waals surface area (Å²) >= 11 is 0. The van der Waals surface area contributed by atoms with Gasteiger partial charge in [-0.15, -0.1) is 0 Å². The van der Waals surface area contributed by atoms with Crippen molar-refractivity contribution >= 4 is 0 Å². The van der Waals surface area contributed by atoms with Gasteiger partial charge >= 0.3 is 0 Å². The van der Waals surface area contributed by atoms with Crippen molar-refractivity contribution in [3.63, 3.8) is 0 Å². The highest BCUT2D eigenvalue weighted by atomic mass is 16.5. The standard InChI is InChI=1S/C13H29NO3/c1-5-13(11-15,14-12(2)3)7-6-8-17-10-9-16-4/h12,14-15H,5-11H2,1-4H3. The second kappa shape index (κ2) is 9.83. The minimum Gasteiger partial charge on any atom is -0.394 e. The first-order valence-electron chi connectivity index (χ1n) is 6.55. The number of hydrogen-bond donors (Lipinski definition) is 2. The van der Waals surface area contributed by atoms with Crippen molar-refractivity contribution in [3.05, 3.63) is 0 Å². The molecule has 0 amide bonds. The van der Waals surface area contributed by atoms with Crippen LogP contribution >= 0.6 is 0 Å². The molecule has 4 heteroatoms. The maximum atomic E-state index is 9.54. The van der Waals surface area contributed by atoms with E-state index >= 15 is 0 Å². The van der Waals surface area contributed by atoms with E-state index in [9.17, 15) is 5.11 Å². The van der Waals surface area contributed by atoms with Gasteiger partial charge in [0.1, 0.15) is 0 Å². The fourth-order valence-electron chi connectivity index (χ4n) is 1.96. The van der Waals surface area contributed by atoms with Crippen LogP contribution in [0, 0.1) is 0 Å². The van der Waals surface area contributed by atoms with E-state index in [2.05, 4.69) is 26.1 Å². The van der Waals surface area contributed by atoms with Crippen LogP contribution in [0.1, 0.15) is 40.0 Å². The average Bonchev–Trinajstić information content (AvgIpc) is 2.31. The molecule has 0 aliphatic rings. The predicted molar refractivity (Wildman–Crippen MR) is 70.3 cm³/mol. The third-order valence-corrected chi connectivity index (χ3v) is 2.95. The maximum Gasteiger partial charge on any atom is 0.0700 e. The molecule has 1 unspecified atom stereocenters. The summed E-state index contributed by atoms with van der Waals surface area (Å²) < 4.78 is 10.3. The van der Waals surface area contributed by atoms with Gasteiger partial charge in [-0.1, -0.05) is 20.8 Å². The summed E-state index contributed by atoms with van der Waals surface area (Å²) in [5.41, 5.74) is -0.154. The van der Waals surface area contributed by atoms with Crippen LogP contribution in [-0.4, -0.2) is 50.2 Å². The highest BCUT2D eigenvalue weighted by Gasteiger charge is 2.26. The summed E-state index contributed by atoms with van der Waals surface area (Å²) in [4.78, 5) is 0. The molecule has 0 saturated carbocycles. The summed E-state index contributed by atoms with van der Waals surface area (Å²) in [7, 11) is 1.67. The molecule has 104 valence electrons. The SMILES string of the molecule is CCC(CO)(CCCOCCOC)NC(C)C. The molecule has 17 heavy (non-hydrogen) atoms. The van der Waals surface area contributed by atoms with Gasteiger partial charge in [-0.3, -0.25) is 0 Å². The molecule has 1 atom stereocenters. The molecule has 2 N–H and O–H groups in total. The Balaban J connectivity index is 3.84. The van der Waals surface area contributed by atoms with Gasteiger partial charge in [-0.25, -0.2) is 0 Å². The Morgan fingerprint density at radius 1 is 1.24 bits per heavy atom. The van der Waals surface area contributed by atoms with Crippen LogP contribution in [0.2, 0.25) is 0 Å². The Hall–Kier alpha value is -0.160. The number of rotatable bonds is 11. The molecule has 0 aromatic rings. The minimum atomic E-state index is -0.154. The van der Waals surface area contributed by atoms with Gasteiger partial charge in [0.25, 0.3) is 0 Å². The van der Waals surface area contributed by atoms with Crippen LogP contribution in [0.5, 0.6) is 0 Å². The Labute approximate surface area is 106 Å². The molecule has 4 nitrogen and oxygen atoms in total. The van der Waals surface area contributed by atoms with Crippen molar-refractivity contribution in [1.82, 2.24) is 5.32 Å². The molecule has 0 aromatic carbocycles. The minimum absolute atomic E-state index is 0.154. The zero-order valence-corrected chi connectivity index (χ0v) is 11.8. The van der Waals surface area contributed by atoms with Crippen LogP contribution < -0.4 is 5.32 Å². The van der Waals surface area contributed by atoms with Crippen molar-refractivity contribution in [3.8, 4) is 0 Å². The largest absolute Gasteiger partial charge is 0.394 e. The molecule has 0 saturated heterocycles. The monoisotopic (exact) mass is 247 g/mol. The van der Waals surface area contributed by atoms with Crippen LogP contribution in [0.25, 0.3) is 0 Å². The second-order valence-corrected chi connectivity index (χ2v) is 4.80. The predicted octanol–water partition coefficient (Wildman–Crippen LogP) is 1.57. The molecule has 0 bridgehead atoms. The summed E-state index contributed by atoms with van der Waals surface area (Å²) in [5.74, 6) is 0. The van der Waals surface area contributed by atoms with Gasteiger partial charge in [0.2, 0.25) is 0 Å². The van der Waals surface area contributed by atoms with E-state index in [1.54, 1.807) is 7.11 Å². The summed E-state index contributed by atoms with van der Waals surface area (Å²) in [6.45, 7) is 8.52. The van der Waals surface area contributed by atoms with Crippen LogP contribution in [0.3, 0.4) is 0 Å². The Kier molecular flexibility index (Phi) is 9.74. The average molecular weight is 247 g/mol. The van der Waals surface area contributed by atoms with Crippen molar-refractivity contribution < 1.29 is 14.6 Å². The Bertz CT molecular complexity index is 170. The topological polar surface area (TPSA) is 50.7 Å². The van der Waals surface area contributed by atoms with Gasteiger partial charge in [0.15, 0.2) is 0 Å². The van der Waals surface area contributed by atoms with E-state index in [1.165, 1.54) is 0 Å². The molecule has 0 rings (SSSR count). The van der Waals surface area contributed by atoms with Gasteiger partial charge in [-0.2, -0.15) is 0 Å². The number of aliphatic hydroxyl groups is 1. The highest BCUT2D eigenvalue weighted by Crippen LogP contribution is 2.18. The molecule has 0 radical (unpaired) electrons. The maximum absolute atomic E-state index is 9.54.